The van der Waals surface area contributed by atoms with Crippen LogP contribution in [0.4, 0.5) is 0 Å². The average Bonchev–Trinajstić information content (AvgIpc) is 2.62. The van der Waals surface area contributed by atoms with Crippen LogP contribution in [0.2, 0.25) is 0 Å². The Kier molecular flexibility index (Phi) is 4.51. The van der Waals surface area contributed by atoms with Gasteiger partial charge in [0.25, 0.3) is 0 Å². The number of nitrogens with one attached hydrogen (secondary N) is 2. The summed E-state index contributed by atoms with van der Waals surface area (Å²) in [4.78, 5) is 22.1. The lowest BCUT2D eigenvalue weighted by atomic mass is 10.0. The first kappa shape index (κ1) is 11.9. The van der Waals surface area contributed by atoms with Gasteiger partial charge in [0.2, 0.25) is 5.91 Å². The van der Waals surface area contributed by atoms with Gasteiger partial charge in [0.15, 0.2) is 0 Å². The Labute approximate surface area is 88.0 Å². The van der Waals surface area contributed by atoms with E-state index in [1.165, 1.54) is 0 Å². The summed E-state index contributed by atoms with van der Waals surface area (Å²) in [5, 5.41) is 14.3. The van der Waals surface area contributed by atoms with Gasteiger partial charge in [-0.05, 0) is 7.05 Å². The second-order valence-corrected chi connectivity index (χ2v) is 3.51. The second-order valence-electron chi connectivity index (χ2n) is 3.51. The summed E-state index contributed by atoms with van der Waals surface area (Å²) in [5.41, 5.74) is 0. The minimum Gasteiger partial charge on any atom is -0.481 e. The molecule has 0 aliphatic carbocycles. The van der Waals surface area contributed by atoms with Gasteiger partial charge in [0.05, 0.1) is 19.3 Å². The third-order valence-electron chi connectivity index (χ3n) is 2.35. The number of hydrogen-bond acceptors (Lipinski definition) is 4. The van der Waals surface area contributed by atoms with Crippen LogP contribution in [0, 0.1) is 5.92 Å². The third-order valence-corrected chi connectivity index (χ3v) is 2.35. The Morgan fingerprint density at radius 1 is 1.47 bits per heavy atom. The summed E-state index contributed by atoms with van der Waals surface area (Å²) >= 11 is 0. The minimum atomic E-state index is -0.925. The van der Waals surface area contributed by atoms with Crippen LogP contribution in [0.3, 0.4) is 0 Å². The van der Waals surface area contributed by atoms with E-state index in [1.807, 2.05) is 0 Å². The highest BCUT2D eigenvalue weighted by Gasteiger charge is 2.34. The molecule has 0 spiro atoms. The number of ether oxygens (including phenoxy) is 1. The summed E-state index contributed by atoms with van der Waals surface area (Å²) in [6, 6.07) is -0.396. The monoisotopic (exact) mass is 216 g/mol. The van der Waals surface area contributed by atoms with Crippen LogP contribution in [0.1, 0.15) is 6.42 Å². The first-order chi connectivity index (χ1) is 7.15. The van der Waals surface area contributed by atoms with Gasteiger partial charge in [-0.25, -0.2) is 0 Å². The fourth-order valence-electron chi connectivity index (χ4n) is 1.46. The standard InChI is InChI=1S/C9H16N2O4/c1-10-3-2-8(12)11-7-5-15-4-6(7)9(13)14/h6-7,10H,2-5H2,1H3,(H,11,12)(H,13,14). The molecular weight excluding hydrogens is 200 g/mol. The van der Waals surface area contributed by atoms with Crippen molar-refractivity contribution in [2.24, 2.45) is 5.92 Å². The molecule has 6 heteroatoms. The number of rotatable bonds is 5. The van der Waals surface area contributed by atoms with Gasteiger partial charge in [-0.2, -0.15) is 0 Å². The van der Waals surface area contributed by atoms with Crippen LogP contribution in [0.15, 0.2) is 0 Å². The van der Waals surface area contributed by atoms with Crippen LogP contribution >= 0.6 is 0 Å². The highest BCUT2D eigenvalue weighted by Crippen LogP contribution is 2.13. The van der Waals surface area contributed by atoms with Gasteiger partial charge in [0, 0.05) is 13.0 Å². The van der Waals surface area contributed by atoms with E-state index in [-0.39, 0.29) is 19.1 Å². The Morgan fingerprint density at radius 2 is 2.20 bits per heavy atom. The van der Waals surface area contributed by atoms with Crippen LogP contribution in [-0.2, 0) is 14.3 Å². The zero-order valence-corrected chi connectivity index (χ0v) is 8.66. The number of carboxylic acid groups (broad SMARTS) is 1. The zero-order valence-electron chi connectivity index (χ0n) is 8.66. The molecule has 2 atom stereocenters. The SMILES string of the molecule is CNCCC(=O)NC1COCC1C(=O)O. The topological polar surface area (TPSA) is 87.7 Å². The quantitative estimate of drug-likeness (QED) is 0.538. The molecule has 15 heavy (non-hydrogen) atoms. The van der Waals surface area contributed by atoms with Gasteiger partial charge >= 0.3 is 5.97 Å². The Balaban J connectivity index is 2.36. The second kappa shape index (κ2) is 5.67. The van der Waals surface area contributed by atoms with Crippen LogP contribution in [-0.4, -0.2) is 49.8 Å². The van der Waals surface area contributed by atoms with E-state index in [1.54, 1.807) is 7.05 Å². The summed E-state index contributed by atoms with van der Waals surface area (Å²) in [6.45, 7) is 1.03. The average molecular weight is 216 g/mol. The van der Waals surface area contributed by atoms with E-state index >= 15 is 0 Å². The Bertz CT molecular complexity index is 244. The fraction of sp³-hybridized carbons (Fsp3) is 0.778. The molecule has 0 bridgehead atoms. The molecule has 1 saturated heterocycles. The molecule has 1 fully saturated rings. The number of carbonyl (C=O) groups excluding carboxylic acids is 1. The molecule has 6 nitrogen and oxygen atoms in total. The van der Waals surface area contributed by atoms with Crippen molar-refractivity contribution < 1.29 is 19.4 Å². The van der Waals surface area contributed by atoms with Crippen LogP contribution in [0.25, 0.3) is 0 Å². The maximum absolute atomic E-state index is 11.3. The maximum atomic E-state index is 11.3. The molecule has 0 aromatic heterocycles. The largest absolute Gasteiger partial charge is 0.481 e. The molecule has 1 rings (SSSR count). The van der Waals surface area contributed by atoms with Crippen molar-refractivity contribution in [1.29, 1.82) is 0 Å². The summed E-state index contributed by atoms with van der Waals surface area (Å²) in [7, 11) is 1.76. The lowest BCUT2D eigenvalue weighted by Crippen LogP contribution is -2.43. The van der Waals surface area contributed by atoms with E-state index in [4.69, 9.17) is 9.84 Å². The normalized spacial score (nSPS) is 25.1. The van der Waals surface area contributed by atoms with Gasteiger partial charge < -0.3 is 20.5 Å². The zero-order chi connectivity index (χ0) is 11.3. The summed E-state index contributed by atoms with van der Waals surface area (Å²) < 4.78 is 5.03. The van der Waals surface area contributed by atoms with Crippen molar-refractivity contribution in [2.75, 3.05) is 26.8 Å². The number of carbonyl (C=O) groups is 2. The molecule has 3 N–H and O–H groups in total. The third kappa shape index (κ3) is 3.49. The van der Waals surface area contributed by atoms with E-state index in [0.717, 1.165) is 0 Å². The molecule has 0 radical (unpaired) electrons. The van der Waals surface area contributed by atoms with Crippen molar-refractivity contribution in [3.63, 3.8) is 0 Å². The highest BCUT2D eigenvalue weighted by atomic mass is 16.5. The van der Waals surface area contributed by atoms with Crippen molar-refractivity contribution in [3.8, 4) is 0 Å². The summed E-state index contributed by atoms with van der Waals surface area (Å²) in [6.07, 6.45) is 0.347. The van der Waals surface area contributed by atoms with Crippen molar-refractivity contribution in [1.82, 2.24) is 10.6 Å². The van der Waals surface area contributed by atoms with Crippen molar-refractivity contribution in [2.45, 2.75) is 12.5 Å². The van der Waals surface area contributed by atoms with Crippen LogP contribution in [0.5, 0.6) is 0 Å². The van der Waals surface area contributed by atoms with Crippen molar-refractivity contribution >= 4 is 11.9 Å². The van der Waals surface area contributed by atoms with E-state index < -0.39 is 17.9 Å². The molecule has 0 aromatic rings. The lowest BCUT2D eigenvalue weighted by molar-refractivity contribution is -0.142. The number of aliphatic carboxylic acids is 1. The predicted octanol–water partition coefficient (Wildman–Crippen LogP) is -1.19. The number of hydrogen-bond donors (Lipinski definition) is 3. The smallest absolute Gasteiger partial charge is 0.311 e. The van der Waals surface area contributed by atoms with Gasteiger partial charge in [-0.3, -0.25) is 9.59 Å². The summed E-state index contributed by atoms with van der Waals surface area (Å²) in [5.74, 6) is -1.69. The molecule has 0 saturated carbocycles. The predicted molar refractivity (Wildman–Crippen MR) is 52.4 cm³/mol. The van der Waals surface area contributed by atoms with Gasteiger partial charge in [-0.1, -0.05) is 0 Å². The first-order valence-corrected chi connectivity index (χ1v) is 4.89. The fourth-order valence-corrected chi connectivity index (χ4v) is 1.46. The maximum Gasteiger partial charge on any atom is 0.311 e. The molecule has 86 valence electrons. The number of carboxylic acids is 1. The van der Waals surface area contributed by atoms with Crippen LogP contribution < -0.4 is 10.6 Å². The van der Waals surface area contributed by atoms with Gasteiger partial charge in [-0.15, -0.1) is 0 Å². The molecular formula is C9H16N2O4. The Morgan fingerprint density at radius 3 is 2.80 bits per heavy atom. The van der Waals surface area contributed by atoms with Gasteiger partial charge in [0.1, 0.15) is 5.92 Å². The number of amides is 1. The van der Waals surface area contributed by atoms with E-state index in [9.17, 15) is 9.59 Å². The van der Waals surface area contributed by atoms with Crippen molar-refractivity contribution in [3.05, 3.63) is 0 Å². The molecule has 1 heterocycles. The van der Waals surface area contributed by atoms with E-state index in [0.29, 0.717) is 13.0 Å². The molecule has 1 aliphatic rings. The molecule has 1 aliphatic heterocycles. The lowest BCUT2D eigenvalue weighted by Gasteiger charge is -2.15. The molecule has 1 amide bonds. The van der Waals surface area contributed by atoms with E-state index in [2.05, 4.69) is 10.6 Å². The highest BCUT2D eigenvalue weighted by molar-refractivity contribution is 5.78. The molecule has 0 aromatic carbocycles. The Hall–Kier alpha value is -1.14. The first-order valence-electron chi connectivity index (χ1n) is 4.89. The minimum absolute atomic E-state index is 0.147. The molecule has 2 unspecified atom stereocenters.